The van der Waals surface area contributed by atoms with E-state index >= 15 is 0 Å². The van der Waals surface area contributed by atoms with Crippen LogP contribution in [-0.2, 0) is 0 Å². The van der Waals surface area contributed by atoms with Crippen LogP contribution in [0, 0.1) is 13.8 Å². The highest BCUT2D eigenvalue weighted by molar-refractivity contribution is 5.87. The Balaban J connectivity index is 2.17. The van der Waals surface area contributed by atoms with Crippen LogP contribution < -0.4 is 5.73 Å². The van der Waals surface area contributed by atoms with Crippen LogP contribution in [0.5, 0.6) is 0 Å². The molecule has 2 atom stereocenters. The summed E-state index contributed by atoms with van der Waals surface area (Å²) in [5.41, 5.74) is 11.6. The molecule has 17 heavy (non-hydrogen) atoms. The molecule has 0 amide bonds. The fourth-order valence-corrected chi connectivity index (χ4v) is 3.30. The number of nitrogens with one attached hydrogen (secondary N) is 1. The molecule has 1 saturated carbocycles. The summed E-state index contributed by atoms with van der Waals surface area (Å²) < 4.78 is 0. The maximum atomic E-state index is 6.22. The summed E-state index contributed by atoms with van der Waals surface area (Å²) >= 11 is 0. The average molecular weight is 228 g/mol. The molecule has 0 saturated heterocycles. The zero-order valence-electron chi connectivity index (χ0n) is 10.6. The topological polar surface area (TPSA) is 41.8 Å². The Morgan fingerprint density at radius 3 is 2.76 bits per heavy atom. The van der Waals surface area contributed by atoms with Crippen molar-refractivity contribution in [2.45, 2.75) is 45.1 Å². The van der Waals surface area contributed by atoms with Gasteiger partial charge in [0.05, 0.1) is 0 Å². The third-order valence-electron chi connectivity index (χ3n) is 4.13. The van der Waals surface area contributed by atoms with Gasteiger partial charge < -0.3 is 10.7 Å². The minimum Gasteiger partial charge on any atom is -0.361 e. The molecule has 2 aromatic rings. The highest BCUT2D eigenvalue weighted by Crippen LogP contribution is 2.37. The number of aryl methyl sites for hydroxylation is 2. The summed E-state index contributed by atoms with van der Waals surface area (Å²) in [6.45, 7) is 4.34. The van der Waals surface area contributed by atoms with E-state index in [1.54, 1.807) is 0 Å². The van der Waals surface area contributed by atoms with Crippen LogP contribution in [-0.4, -0.2) is 11.0 Å². The van der Waals surface area contributed by atoms with E-state index in [1.165, 1.54) is 46.9 Å². The summed E-state index contributed by atoms with van der Waals surface area (Å²) in [6, 6.07) is 4.87. The van der Waals surface area contributed by atoms with Gasteiger partial charge in [0.15, 0.2) is 0 Å². The van der Waals surface area contributed by atoms with E-state index in [2.05, 4.69) is 37.2 Å². The van der Waals surface area contributed by atoms with Gasteiger partial charge in [-0.25, -0.2) is 0 Å². The molecule has 0 unspecified atom stereocenters. The van der Waals surface area contributed by atoms with Gasteiger partial charge in [-0.3, -0.25) is 0 Å². The van der Waals surface area contributed by atoms with Crippen molar-refractivity contribution in [1.82, 2.24) is 4.98 Å². The van der Waals surface area contributed by atoms with Crippen LogP contribution >= 0.6 is 0 Å². The van der Waals surface area contributed by atoms with Crippen LogP contribution in [0.4, 0.5) is 0 Å². The lowest BCUT2D eigenvalue weighted by atomic mass is 9.93. The predicted molar refractivity (Wildman–Crippen MR) is 72.3 cm³/mol. The number of rotatable bonds is 1. The summed E-state index contributed by atoms with van der Waals surface area (Å²) in [5, 5.41) is 1.38. The number of aromatic amines is 1. The van der Waals surface area contributed by atoms with Gasteiger partial charge in [-0.15, -0.1) is 0 Å². The molecular formula is C15H20N2. The molecule has 0 spiro atoms. The first kappa shape index (κ1) is 10.8. The normalized spacial score (nSPS) is 24.6. The first-order chi connectivity index (χ1) is 8.16. The third kappa shape index (κ3) is 1.67. The van der Waals surface area contributed by atoms with Crippen molar-refractivity contribution < 1.29 is 0 Å². The zero-order chi connectivity index (χ0) is 12.0. The maximum absolute atomic E-state index is 6.22. The number of hydrogen-bond donors (Lipinski definition) is 2. The van der Waals surface area contributed by atoms with E-state index in [4.69, 9.17) is 5.73 Å². The van der Waals surface area contributed by atoms with Crippen LogP contribution in [0.1, 0.15) is 41.9 Å². The van der Waals surface area contributed by atoms with Gasteiger partial charge in [0, 0.05) is 29.1 Å². The lowest BCUT2D eigenvalue weighted by Gasteiger charge is -2.14. The Kier molecular flexibility index (Phi) is 2.48. The van der Waals surface area contributed by atoms with Gasteiger partial charge in [0.1, 0.15) is 0 Å². The van der Waals surface area contributed by atoms with Crippen molar-refractivity contribution in [1.29, 1.82) is 0 Å². The molecular weight excluding hydrogens is 208 g/mol. The first-order valence-corrected chi connectivity index (χ1v) is 6.50. The molecule has 1 aliphatic carbocycles. The van der Waals surface area contributed by atoms with E-state index in [0.717, 1.165) is 0 Å². The number of nitrogens with two attached hydrogens (primary N) is 1. The molecule has 1 aromatic carbocycles. The molecule has 1 heterocycles. The molecule has 90 valence electrons. The van der Waals surface area contributed by atoms with Crippen LogP contribution in [0.25, 0.3) is 10.9 Å². The molecule has 1 aromatic heterocycles. The number of benzene rings is 1. The van der Waals surface area contributed by atoms with Crippen molar-refractivity contribution >= 4 is 10.9 Å². The Bertz CT molecular complexity index is 553. The number of fused-ring (bicyclic) bond motifs is 1. The fourth-order valence-electron chi connectivity index (χ4n) is 3.30. The van der Waals surface area contributed by atoms with Crippen molar-refractivity contribution in [2.75, 3.05) is 0 Å². The van der Waals surface area contributed by atoms with Gasteiger partial charge in [-0.05, 0) is 43.9 Å². The zero-order valence-corrected chi connectivity index (χ0v) is 10.6. The molecule has 2 nitrogen and oxygen atoms in total. The van der Waals surface area contributed by atoms with Gasteiger partial charge in [-0.2, -0.15) is 0 Å². The highest BCUT2D eigenvalue weighted by Gasteiger charge is 2.27. The van der Waals surface area contributed by atoms with Gasteiger partial charge in [0.25, 0.3) is 0 Å². The van der Waals surface area contributed by atoms with E-state index < -0.39 is 0 Å². The van der Waals surface area contributed by atoms with Crippen molar-refractivity contribution in [3.63, 3.8) is 0 Å². The number of aromatic nitrogens is 1. The minimum atomic E-state index is 0.342. The van der Waals surface area contributed by atoms with Gasteiger partial charge in [0.2, 0.25) is 0 Å². The molecule has 0 radical (unpaired) electrons. The molecule has 1 aliphatic rings. The summed E-state index contributed by atoms with van der Waals surface area (Å²) in [5.74, 6) is 0.546. The summed E-state index contributed by atoms with van der Waals surface area (Å²) in [6.07, 6.45) is 5.85. The van der Waals surface area contributed by atoms with E-state index in [9.17, 15) is 0 Å². The quantitative estimate of drug-likeness (QED) is 0.772. The second-order valence-electron chi connectivity index (χ2n) is 5.45. The molecule has 3 N–H and O–H groups in total. The van der Waals surface area contributed by atoms with E-state index in [0.29, 0.717) is 12.0 Å². The Morgan fingerprint density at radius 2 is 2.06 bits per heavy atom. The smallest absolute Gasteiger partial charge is 0.0486 e. The molecule has 3 rings (SSSR count). The monoisotopic (exact) mass is 228 g/mol. The molecule has 0 aliphatic heterocycles. The van der Waals surface area contributed by atoms with Crippen LogP contribution in [0.3, 0.4) is 0 Å². The second-order valence-corrected chi connectivity index (χ2v) is 5.45. The van der Waals surface area contributed by atoms with Gasteiger partial charge in [-0.1, -0.05) is 18.1 Å². The summed E-state index contributed by atoms with van der Waals surface area (Å²) in [7, 11) is 0. The molecule has 1 fully saturated rings. The Morgan fingerprint density at radius 1 is 1.24 bits per heavy atom. The van der Waals surface area contributed by atoms with Gasteiger partial charge >= 0.3 is 0 Å². The van der Waals surface area contributed by atoms with E-state index in [1.807, 2.05) is 0 Å². The highest BCUT2D eigenvalue weighted by atomic mass is 14.7. The average Bonchev–Trinajstić information content (AvgIpc) is 2.84. The fraction of sp³-hybridized carbons (Fsp3) is 0.467. The van der Waals surface area contributed by atoms with Crippen LogP contribution in [0.15, 0.2) is 18.3 Å². The largest absolute Gasteiger partial charge is 0.361 e. The van der Waals surface area contributed by atoms with Crippen molar-refractivity contribution in [2.24, 2.45) is 5.73 Å². The Hall–Kier alpha value is -1.28. The SMILES string of the molecule is Cc1cc(C)c2[nH]cc([C@@H]3CCC[C@H]3N)c2c1. The molecule has 0 bridgehead atoms. The van der Waals surface area contributed by atoms with Crippen molar-refractivity contribution in [3.05, 3.63) is 35.0 Å². The standard InChI is InChI=1S/C15H20N2/c1-9-6-10(2)15-12(7-9)13(8-17-15)11-4-3-5-14(11)16/h6-8,11,14,17H,3-5,16H2,1-2H3/t11-,14+/m0/s1. The minimum absolute atomic E-state index is 0.342. The lowest BCUT2D eigenvalue weighted by molar-refractivity contribution is 0.616. The third-order valence-corrected chi connectivity index (χ3v) is 4.13. The van der Waals surface area contributed by atoms with Crippen LogP contribution in [0.2, 0.25) is 0 Å². The first-order valence-electron chi connectivity index (χ1n) is 6.50. The lowest BCUT2D eigenvalue weighted by Crippen LogP contribution is -2.22. The summed E-state index contributed by atoms with van der Waals surface area (Å²) in [4.78, 5) is 3.43. The number of H-pyrrole nitrogens is 1. The molecule has 2 heteroatoms. The maximum Gasteiger partial charge on any atom is 0.0486 e. The van der Waals surface area contributed by atoms with Crippen molar-refractivity contribution in [3.8, 4) is 0 Å². The Labute approximate surface area is 102 Å². The predicted octanol–water partition coefficient (Wildman–Crippen LogP) is 3.38. The number of hydrogen-bond acceptors (Lipinski definition) is 1. The van der Waals surface area contributed by atoms with E-state index in [-0.39, 0.29) is 0 Å². The second kappa shape index (κ2) is 3.88.